The standard InChI is InChI=1S/C15H22N2O2/c1-10-4-2-3-5-13(10)14(18)9-17-15(19)11-6-7-12(16)8-11/h2-5,11-12,14,18H,6-9,16H2,1H3,(H,17,19). The Bertz CT molecular complexity index is 448. The lowest BCUT2D eigenvalue weighted by molar-refractivity contribution is -0.125. The van der Waals surface area contributed by atoms with E-state index in [-0.39, 0.29) is 24.4 Å². The Labute approximate surface area is 114 Å². The summed E-state index contributed by atoms with van der Waals surface area (Å²) in [6.45, 7) is 2.21. The normalized spacial score (nSPS) is 24.2. The van der Waals surface area contributed by atoms with E-state index in [1.165, 1.54) is 0 Å². The van der Waals surface area contributed by atoms with Crippen molar-refractivity contribution in [3.05, 3.63) is 35.4 Å². The Balaban J connectivity index is 1.85. The second-order valence-electron chi connectivity index (χ2n) is 5.39. The maximum absolute atomic E-state index is 11.9. The average molecular weight is 262 g/mol. The molecular weight excluding hydrogens is 240 g/mol. The number of hydrogen-bond acceptors (Lipinski definition) is 3. The number of rotatable bonds is 4. The van der Waals surface area contributed by atoms with Gasteiger partial charge in [0.05, 0.1) is 6.10 Å². The highest BCUT2D eigenvalue weighted by molar-refractivity contribution is 5.79. The number of aryl methyl sites for hydroxylation is 1. The molecule has 1 aromatic rings. The fraction of sp³-hybridized carbons (Fsp3) is 0.533. The summed E-state index contributed by atoms with van der Waals surface area (Å²) in [5.41, 5.74) is 7.70. The van der Waals surface area contributed by atoms with Gasteiger partial charge in [-0.1, -0.05) is 24.3 Å². The molecule has 0 bridgehead atoms. The van der Waals surface area contributed by atoms with Gasteiger partial charge in [-0.3, -0.25) is 4.79 Å². The molecule has 19 heavy (non-hydrogen) atoms. The van der Waals surface area contributed by atoms with Crippen LogP contribution in [0.15, 0.2) is 24.3 Å². The number of carbonyl (C=O) groups is 1. The summed E-state index contributed by atoms with van der Waals surface area (Å²) in [6.07, 6.45) is 1.87. The van der Waals surface area contributed by atoms with E-state index in [9.17, 15) is 9.90 Å². The zero-order valence-corrected chi connectivity index (χ0v) is 11.3. The van der Waals surface area contributed by atoms with Gasteiger partial charge in [0.1, 0.15) is 0 Å². The van der Waals surface area contributed by atoms with Gasteiger partial charge in [-0.15, -0.1) is 0 Å². The molecule has 0 aliphatic heterocycles. The van der Waals surface area contributed by atoms with Crippen LogP contribution in [0.1, 0.15) is 36.5 Å². The molecule has 1 saturated carbocycles. The highest BCUT2D eigenvalue weighted by Gasteiger charge is 2.27. The molecule has 1 aromatic carbocycles. The van der Waals surface area contributed by atoms with Crippen molar-refractivity contribution < 1.29 is 9.90 Å². The first kappa shape index (κ1) is 14.0. The van der Waals surface area contributed by atoms with Crippen LogP contribution < -0.4 is 11.1 Å². The Morgan fingerprint density at radius 3 is 2.84 bits per heavy atom. The monoisotopic (exact) mass is 262 g/mol. The van der Waals surface area contributed by atoms with E-state index < -0.39 is 6.10 Å². The molecule has 4 nitrogen and oxygen atoms in total. The molecule has 1 amide bonds. The minimum atomic E-state index is -0.653. The number of aliphatic hydroxyl groups excluding tert-OH is 1. The molecule has 0 spiro atoms. The first-order chi connectivity index (χ1) is 9.08. The van der Waals surface area contributed by atoms with Gasteiger partial charge in [0.25, 0.3) is 0 Å². The van der Waals surface area contributed by atoms with E-state index >= 15 is 0 Å². The van der Waals surface area contributed by atoms with Crippen LogP contribution in [-0.4, -0.2) is 23.6 Å². The van der Waals surface area contributed by atoms with Crippen LogP contribution in [0.4, 0.5) is 0 Å². The molecule has 104 valence electrons. The van der Waals surface area contributed by atoms with Crippen molar-refractivity contribution in [2.45, 2.75) is 38.3 Å². The lowest BCUT2D eigenvalue weighted by atomic mass is 10.0. The molecule has 3 atom stereocenters. The van der Waals surface area contributed by atoms with Crippen LogP contribution >= 0.6 is 0 Å². The molecule has 3 unspecified atom stereocenters. The Morgan fingerprint density at radius 1 is 1.47 bits per heavy atom. The van der Waals surface area contributed by atoms with Gasteiger partial charge in [-0.05, 0) is 37.3 Å². The minimum absolute atomic E-state index is 0.0130. The topological polar surface area (TPSA) is 75.3 Å². The molecule has 1 fully saturated rings. The van der Waals surface area contributed by atoms with Crippen molar-refractivity contribution in [1.29, 1.82) is 0 Å². The quantitative estimate of drug-likeness (QED) is 0.765. The van der Waals surface area contributed by atoms with Crippen molar-refractivity contribution in [3.8, 4) is 0 Å². The minimum Gasteiger partial charge on any atom is -0.387 e. The van der Waals surface area contributed by atoms with Crippen LogP contribution in [0.2, 0.25) is 0 Å². The summed E-state index contributed by atoms with van der Waals surface area (Å²) in [6, 6.07) is 7.82. The predicted molar refractivity (Wildman–Crippen MR) is 74.5 cm³/mol. The fourth-order valence-electron chi connectivity index (χ4n) is 2.67. The third-order valence-electron chi connectivity index (χ3n) is 3.86. The zero-order valence-electron chi connectivity index (χ0n) is 11.3. The average Bonchev–Trinajstić information content (AvgIpc) is 2.83. The molecule has 4 N–H and O–H groups in total. The Morgan fingerprint density at radius 2 is 2.21 bits per heavy atom. The Hall–Kier alpha value is -1.39. The predicted octanol–water partition coefficient (Wildman–Crippen LogP) is 1.27. The molecule has 0 saturated heterocycles. The molecule has 4 heteroatoms. The molecule has 1 aliphatic rings. The summed E-state index contributed by atoms with van der Waals surface area (Å²) >= 11 is 0. The lowest BCUT2D eigenvalue weighted by Gasteiger charge is -2.16. The van der Waals surface area contributed by atoms with E-state index in [4.69, 9.17) is 5.73 Å². The molecule has 1 aliphatic carbocycles. The molecular formula is C15H22N2O2. The SMILES string of the molecule is Cc1ccccc1C(O)CNC(=O)C1CCC(N)C1. The van der Waals surface area contributed by atoms with Crippen LogP contribution in [-0.2, 0) is 4.79 Å². The van der Waals surface area contributed by atoms with Gasteiger partial charge in [0, 0.05) is 18.5 Å². The summed E-state index contributed by atoms with van der Waals surface area (Å²) < 4.78 is 0. The number of amides is 1. The van der Waals surface area contributed by atoms with E-state index in [0.717, 1.165) is 30.4 Å². The molecule has 2 rings (SSSR count). The van der Waals surface area contributed by atoms with Crippen molar-refractivity contribution in [2.75, 3.05) is 6.54 Å². The first-order valence-corrected chi connectivity index (χ1v) is 6.85. The number of carbonyl (C=O) groups excluding carboxylic acids is 1. The van der Waals surface area contributed by atoms with Crippen LogP contribution in [0.3, 0.4) is 0 Å². The first-order valence-electron chi connectivity index (χ1n) is 6.85. The van der Waals surface area contributed by atoms with Crippen LogP contribution in [0.25, 0.3) is 0 Å². The third-order valence-corrected chi connectivity index (χ3v) is 3.86. The largest absolute Gasteiger partial charge is 0.387 e. The molecule has 0 aromatic heterocycles. The maximum atomic E-state index is 11.9. The number of nitrogens with one attached hydrogen (secondary N) is 1. The smallest absolute Gasteiger partial charge is 0.223 e. The summed E-state index contributed by atoms with van der Waals surface area (Å²) in [7, 11) is 0. The summed E-state index contributed by atoms with van der Waals surface area (Å²) in [5.74, 6) is 0.0275. The Kier molecular flexibility index (Phi) is 4.56. The van der Waals surface area contributed by atoms with Gasteiger partial charge in [0.2, 0.25) is 5.91 Å². The summed E-state index contributed by atoms with van der Waals surface area (Å²) in [5, 5.41) is 12.9. The van der Waals surface area contributed by atoms with Gasteiger partial charge >= 0.3 is 0 Å². The number of aliphatic hydroxyl groups is 1. The molecule has 0 heterocycles. The fourth-order valence-corrected chi connectivity index (χ4v) is 2.67. The third kappa shape index (κ3) is 3.55. The van der Waals surface area contributed by atoms with E-state index in [0.29, 0.717) is 0 Å². The van der Waals surface area contributed by atoms with Gasteiger partial charge in [-0.25, -0.2) is 0 Å². The second-order valence-corrected chi connectivity index (χ2v) is 5.39. The lowest BCUT2D eigenvalue weighted by Crippen LogP contribution is -2.33. The van der Waals surface area contributed by atoms with Crippen molar-refractivity contribution in [3.63, 3.8) is 0 Å². The highest BCUT2D eigenvalue weighted by Crippen LogP contribution is 2.24. The van der Waals surface area contributed by atoms with E-state index in [1.807, 2.05) is 31.2 Å². The van der Waals surface area contributed by atoms with E-state index in [2.05, 4.69) is 5.32 Å². The van der Waals surface area contributed by atoms with Gasteiger partial charge in [-0.2, -0.15) is 0 Å². The molecule has 0 radical (unpaired) electrons. The van der Waals surface area contributed by atoms with Crippen molar-refractivity contribution in [1.82, 2.24) is 5.32 Å². The van der Waals surface area contributed by atoms with Crippen LogP contribution in [0, 0.1) is 12.8 Å². The summed E-state index contributed by atoms with van der Waals surface area (Å²) in [4.78, 5) is 11.9. The number of hydrogen-bond donors (Lipinski definition) is 3. The number of benzene rings is 1. The van der Waals surface area contributed by atoms with Crippen molar-refractivity contribution in [2.24, 2.45) is 11.7 Å². The zero-order chi connectivity index (χ0) is 13.8. The van der Waals surface area contributed by atoms with Gasteiger partial charge in [0.15, 0.2) is 0 Å². The second kappa shape index (κ2) is 6.17. The highest BCUT2D eigenvalue weighted by atomic mass is 16.3. The van der Waals surface area contributed by atoms with Gasteiger partial charge < -0.3 is 16.2 Å². The van der Waals surface area contributed by atoms with E-state index in [1.54, 1.807) is 0 Å². The maximum Gasteiger partial charge on any atom is 0.223 e. The van der Waals surface area contributed by atoms with Crippen molar-refractivity contribution >= 4 is 5.91 Å². The number of nitrogens with two attached hydrogens (primary N) is 1. The van der Waals surface area contributed by atoms with Crippen LogP contribution in [0.5, 0.6) is 0 Å².